The Balaban J connectivity index is 1.40. The van der Waals surface area contributed by atoms with Gasteiger partial charge in [-0.15, -0.1) is 0 Å². The lowest BCUT2D eigenvalue weighted by molar-refractivity contribution is -0.131. The molecule has 1 aliphatic heterocycles. The minimum absolute atomic E-state index is 0.0436. The smallest absolute Gasteiger partial charge is 0.227 e. The summed E-state index contributed by atoms with van der Waals surface area (Å²) >= 11 is 5.99. The summed E-state index contributed by atoms with van der Waals surface area (Å²) in [5.41, 5.74) is 1.92. The Labute approximate surface area is 155 Å². The standard InChI is InChI=1S/C20H18ClFN2O2/c21-15-5-6-18-17(12-15)23-20(26-18)13-7-9-24(10-8-13)19(25)11-14-3-1-2-4-16(14)22/h1-6,12-13H,7-11H2. The highest BCUT2D eigenvalue weighted by Crippen LogP contribution is 2.31. The molecule has 6 heteroatoms. The number of aromatic nitrogens is 1. The predicted molar refractivity (Wildman–Crippen MR) is 97.7 cm³/mol. The average Bonchev–Trinajstić information content (AvgIpc) is 3.07. The first-order valence-electron chi connectivity index (χ1n) is 8.67. The van der Waals surface area contributed by atoms with Crippen molar-refractivity contribution in [3.05, 3.63) is 64.8 Å². The number of benzene rings is 2. The number of nitrogens with zero attached hydrogens (tertiary/aromatic N) is 2. The molecule has 4 rings (SSSR count). The van der Waals surface area contributed by atoms with Crippen LogP contribution in [0.1, 0.15) is 30.2 Å². The molecule has 0 saturated carbocycles. The van der Waals surface area contributed by atoms with Crippen LogP contribution in [0.2, 0.25) is 5.02 Å². The van der Waals surface area contributed by atoms with E-state index in [1.807, 2.05) is 6.07 Å². The SMILES string of the molecule is O=C(Cc1ccccc1F)N1CCC(c2nc3cc(Cl)ccc3o2)CC1. The van der Waals surface area contributed by atoms with Crippen molar-refractivity contribution in [2.24, 2.45) is 0 Å². The highest BCUT2D eigenvalue weighted by molar-refractivity contribution is 6.31. The number of piperidine rings is 1. The largest absolute Gasteiger partial charge is 0.440 e. The maximum Gasteiger partial charge on any atom is 0.227 e. The lowest BCUT2D eigenvalue weighted by Crippen LogP contribution is -2.39. The van der Waals surface area contributed by atoms with Gasteiger partial charge in [0.15, 0.2) is 11.5 Å². The fraction of sp³-hybridized carbons (Fsp3) is 0.300. The molecule has 0 aliphatic carbocycles. The second-order valence-corrected chi connectivity index (χ2v) is 7.02. The maximum absolute atomic E-state index is 13.7. The topological polar surface area (TPSA) is 46.3 Å². The average molecular weight is 373 g/mol. The van der Waals surface area contributed by atoms with Crippen LogP contribution in [0.25, 0.3) is 11.1 Å². The molecule has 1 aromatic heterocycles. The van der Waals surface area contributed by atoms with Gasteiger partial charge in [-0.05, 0) is 42.7 Å². The number of carbonyl (C=O) groups is 1. The number of rotatable bonds is 3. The summed E-state index contributed by atoms with van der Waals surface area (Å²) in [6, 6.07) is 11.8. The molecule has 0 radical (unpaired) electrons. The van der Waals surface area contributed by atoms with Crippen molar-refractivity contribution < 1.29 is 13.6 Å². The van der Waals surface area contributed by atoms with E-state index in [4.69, 9.17) is 16.0 Å². The van der Waals surface area contributed by atoms with Gasteiger partial charge >= 0.3 is 0 Å². The second-order valence-electron chi connectivity index (χ2n) is 6.59. The Hall–Kier alpha value is -2.40. The van der Waals surface area contributed by atoms with Crippen LogP contribution in [0.5, 0.6) is 0 Å². The van der Waals surface area contributed by atoms with Crippen LogP contribution >= 0.6 is 11.6 Å². The first kappa shape index (κ1) is 17.0. The molecule has 3 aromatic rings. The number of amides is 1. The zero-order chi connectivity index (χ0) is 18.1. The third kappa shape index (κ3) is 3.44. The zero-order valence-corrected chi connectivity index (χ0v) is 14.9. The number of oxazole rings is 1. The molecular formula is C20H18ClFN2O2. The van der Waals surface area contributed by atoms with E-state index < -0.39 is 0 Å². The Morgan fingerprint density at radius 3 is 2.77 bits per heavy atom. The maximum atomic E-state index is 13.7. The Kier molecular flexibility index (Phi) is 4.64. The van der Waals surface area contributed by atoms with E-state index >= 15 is 0 Å². The van der Waals surface area contributed by atoms with Gasteiger partial charge in [-0.1, -0.05) is 29.8 Å². The van der Waals surface area contributed by atoms with E-state index in [-0.39, 0.29) is 24.1 Å². The van der Waals surface area contributed by atoms with E-state index in [1.165, 1.54) is 6.07 Å². The number of hydrogen-bond donors (Lipinski definition) is 0. The number of halogens is 2. The third-order valence-corrected chi connectivity index (χ3v) is 5.10. The van der Waals surface area contributed by atoms with E-state index in [0.717, 1.165) is 23.9 Å². The van der Waals surface area contributed by atoms with Crippen LogP contribution in [0.15, 0.2) is 46.9 Å². The number of fused-ring (bicyclic) bond motifs is 1. The lowest BCUT2D eigenvalue weighted by Gasteiger charge is -2.30. The summed E-state index contributed by atoms with van der Waals surface area (Å²) in [6.45, 7) is 1.24. The summed E-state index contributed by atoms with van der Waals surface area (Å²) in [6.07, 6.45) is 1.66. The number of likely N-dealkylation sites (tertiary alicyclic amines) is 1. The summed E-state index contributed by atoms with van der Waals surface area (Å²) < 4.78 is 19.6. The minimum Gasteiger partial charge on any atom is -0.440 e. The van der Waals surface area contributed by atoms with Crippen molar-refractivity contribution in [2.75, 3.05) is 13.1 Å². The van der Waals surface area contributed by atoms with Crippen molar-refractivity contribution in [1.29, 1.82) is 0 Å². The minimum atomic E-state index is -0.333. The van der Waals surface area contributed by atoms with Gasteiger partial charge in [-0.25, -0.2) is 9.37 Å². The van der Waals surface area contributed by atoms with Crippen LogP contribution in [0.4, 0.5) is 4.39 Å². The number of carbonyl (C=O) groups excluding carboxylic acids is 1. The molecular weight excluding hydrogens is 355 g/mol. The molecule has 0 spiro atoms. The molecule has 2 aromatic carbocycles. The first-order chi connectivity index (χ1) is 12.6. The van der Waals surface area contributed by atoms with Gasteiger partial charge in [-0.2, -0.15) is 0 Å². The summed E-state index contributed by atoms with van der Waals surface area (Å²) in [7, 11) is 0. The van der Waals surface area contributed by atoms with Crippen LogP contribution in [0.3, 0.4) is 0 Å². The third-order valence-electron chi connectivity index (χ3n) is 4.86. The summed E-state index contributed by atoms with van der Waals surface area (Å²) in [4.78, 5) is 18.8. The van der Waals surface area contributed by atoms with Crippen molar-refractivity contribution in [3.8, 4) is 0 Å². The van der Waals surface area contributed by atoms with Gasteiger partial charge in [0.2, 0.25) is 5.91 Å². The first-order valence-corrected chi connectivity index (χ1v) is 9.05. The van der Waals surface area contributed by atoms with Crippen molar-refractivity contribution in [3.63, 3.8) is 0 Å². The Morgan fingerprint density at radius 1 is 1.23 bits per heavy atom. The quantitative estimate of drug-likeness (QED) is 0.676. The molecule has 1 saturated heterocycles. The molecule has 4 nitrogen and oxygen atoms in total. The summed E-state index contributed by atoms with van der Waals surface area (Å²) in [5, 5.41) is 0.630. The molecule has 0 unspecified atom stereocenters. The normalized spacial score (nSPS) is 15.5. The van der Waals surface area contributed by atoms with Crippen molar-refractivity contribution in [2.45, 2.75) is 25.2 Å². The summed E-state index contributed by atoms with van der Waals surface area (Å²) in [5.74, 6) is 0.501. The van der Waals surface area contributed by atoms with E-state index in [2.05, 4.69) is 4.98 Å². The van der Waals surface area contributed by atoms with Gasteiger partial charge < -0.3 is 9.32 Å². The highest BCUT2D eigenvalue weighted by Gasteiger charge is 2.27. The molecule has 1 amide bonds. The molecule has 0 N–H and O–H groups in total. The molecule has 0 atom stereocenters. The fourth-order valence-corrected chi connectivity index (χ4v) is 3.55. The second kappa shape index (κ2) is 7.08. The monoisotopic (exact) mass is 372 g/mol. The van der Waals surface area contributed by atoms with E-state index in [0.29, 0.717) is 29.6 Å². The van der Waals surface area contributed by atoms with Crippen LogP contribution in [0, 0.1) is 5.82 Å². The predicted octanol–water partition coefficient (Wildman–Crippen LogP) is 4.57. The zero-order valence-electron chi connectivity index (χ0n) is 14.1. The molecule has 2 heterocycles. The van der Waals surface area contributed by atoms with Gasteiger partial charge in [0, 0.05) is 24.0 Å². The molecule has 26 heavy (non-hydrogen) atoms. The van der Waals surface area contributed by atoms with Gasteiger partial charge in [0.05, 0.1) is 6.42 Å². The highest BCUT2D eigenvalue weighted by atomic mass is 35.5. The van der Waals surface area contributed by atoms with Crippen molar-refractivity contribution >= 4 is 28.6 Å². The van der Waals surface area contributed by atoms with Crippen molar-refractivity contribution in [1.82, 2.24) is 9.88 Å². The van der Waals surface area contributed by atoms with Gasteiger partial charge in [-0.3, -0.25) is 4.79 Å². The molecule has 1 fully saturated rings. The van der Waals surface area contributed by atoms with Crippen LogP contribution < -0.4 is 0 Å². The van der Waals surface area contributed by atoms with Gasteiger partial charge in [0.25, 0.3) is 0 Å². The van der Waals surface area contributed by atoms with Crippen LogP contribution in [-0.2, 0) is 11.2 Å². The fourth-order valence-electron chi connectivity index (χ4n) is 3.39. The van der Waals surface area contributed by atoms with Gasteiger partial charge in [0.1, 0.15) is 11.3 Å². The number of hydrogen-bond acceptors (Lipinski definition) is 3. The molecule has 1 aliphatic rings. The Morgan fingerprint density at radius 2 is 2.00 bits per heavy atom. The molecule has 0 bridgehead atoms. The Bertz CT molecular complexity index is 948. The lowest BCUT2D eigenvalue weighted by atomic mass is 9.96. The van der Waals surface area contributed by atoms with E-state index in [1.54, 1.807) is 35.2 Å². The molecule has 134 valence electrons. The van der Waals surface area contributed by atoms with Crippen LogP contribution in [-0.4, -0.2) is 28.9 Å². The van der Waals surface area contributed by atoms with E-state index in [9.17, 15) is 9.18 Å².